The van der Waals surface area contributed by atoms with Crippen LogP contribution in [0.2, 0.25) is 5.02 Å². The monoisotopic (exact) mass is 354 g/mol. The van der Waals surface area contributed by atoms with Crippen molar-refractivity contribution in [2.24, 2.45) is 0 Å². The number of nitrogens with one attached hydrogen (secondary N) is 1. The molecule has 0 heterocycles. The fraction of sp³-hybridized carbons (Fsp3) is 0.0714. The number of carbonyl (C=O) groups is 1. The first-order chi connectivity index (χ1) is 10.7. The number of hydrogen-bond acceptors (Lipinski definition) is 5. The smallest absolute Gasteiger partial charge is 0.271 e. The van der Waals surface area contributed by atoms with Crippen molar-refractivity contribution in [3.63, 3.8) is 0 Å². The summed E-state index contributed by atoms with van der Waals surface area (Å²) in [6.07, 6.45) is 0.905. The molecular weight excluding hydrogens is 344 g/mol. The number of carbonyl (C=O) groups excluding carboxylic acids is 1. The molecule has 0 spiro atoms. The minimum Gasteiger partial charge on any atom is -0.321 e. The SMILES string of the molecule is CS(=O)(=O)c1cc(C(=O)Nc2ccccc2Cl)cc([N+](=O)[O-])c1. The molecule has 2 aromatic rings. The largest absolute Gasteiger partial charge is 0.321 e. The van der Waals surface area contributed by atoms with Gasteiger partial charge in [0.1, 0.15) is 0 Å². The van der Waals surface area contributed by atoms with Gasteiger partial charge in [-0.15, -0.1) is 0 Å². The van der Waals surface area contributed by atoms with E-state index in [1.807, 2.05) is 0 Å². The number of non-ortho nitro benzene ring substituents is 1. The van der Waals surface area contributed by atoms with Crippen LogP contribution in [0.5, 0.6) is 0 Å². The van der Waals surface area contributed by atoms with Gasteiger partial charge in [-0.25, -0.2) is 8.42 Å². The van der Waals surface area contributed by atoms with Crippen LogP contribution in [0.25, 0.3) is 0 Å². The van der Waals surface area contributed by atoms with Crippen molar-refractivity contribution in [2.75, 3.05) is 11.6 Å². The van der Waals surface area contributed by atoms with Gasteiger partial charge in [-0.3, -0.25) is 14.9 Å². The molecule has 2 rings (SSSR count). The molecule has 23 heavy (non-hydrogen) atoms. The molecule has 0 aliphatic rings. The first-order valence-corrected chi connectivity index (χ1v) is 8.51. The maximum atomic E-state index is 12.2. The maximum absolute atomic E-state index is 12.2. The predicted molar refractivity (Wildman–Crippen MR) is 85.6 cm³/mol. The van der Waals surface area contributed by atoms with E-state index in [1.54, 1.807) is 24.3 Å². The summed E-state index contributed by atoms with van der Waals surface area (Å²) >= 11 is 5.92. The van der Waals surface area contributed by atoms with Crippen molar-refractivity contribution >= 4 is 38.7 Å². The summed E-state index contributed by atoms with van der Waals surface area (Å²) in [5.41, 5.74) is -0.330. The van der Waals surface area contributed by atoms with Crippen molar-refractivity contribution in [1.29, 1.82) is 0 Å². The number of hydrogen-bond donors (Lipinski definition) is 1. The summed E-state index contributed by atoms with van der Waals surface area (Å²) in [5, 5.41) is 13.7. The lowest BCUT2D eigenvalue weighted by Gasteiger charge is -2.08. The molecule has 0 aliphatic heterocycles. The Morgan fingerprint density at radius 3 is 2.43 bits per heavy atom. The van der Waals surface area contributed by atoms with Gasteiger partial charge in [-0.05, 0) is 18.2 Å². The highest BCUT2D eigenvalue weighted by molar-refractivity contribution is 7.90. The van der Waals surface area contributed by atoms with E-state index in [2.05, 4.69) is 5.32 Å². The van der Waals surface area contributed by atoms with E-state index in [-0.39, 0.29) is 15.5 Å². The van der Waals surface area contributed by atoms with Crippen LogP contribution in [0.1, 0.15) is 10.4 Å². The topological polar surface area (TPSA) is 106 Å². The highest BCUT2D eigenvalue weighted by atomic mass is 35.5. The zero-order valence-corrected chi connectivity index (χ0v) is 13.4. The quantitative estimate of drug-likeness (QED) is 0.671. The highest BCUT2D eigenvalue weighted by Crippen LogP contribution is 2.24. The number of amides is 1. The third kappa shape index (κ3) is 4.05. The highest BCUT2D eigenvalue weighted by Gasteiger charge is 2.19. The Morgan fingerprint density at radius 2 is 1.87 bits per heavy atom. The van der Waals surface area contributed by atoms with Gasteiger partial charge in [0, 0.05) is 24.0 Å². The van der Waals surface area contributed by atoms with Crippen LogP contribution in [0.15, 0.2) is 47.4 Å². The molecule has 120 valence electrons. The molecule has 7 nitrogen and oxygen atoms in total. The van der Waals surface area contributed by atoms with E-state index in [4.69, 9.17) is 11.6 Å². The minimum atomic E-state index is -3.71. The van der Waals surface area contributed by atoms with Crippen molar-refractivity contribution in [1.82, 2.24) is 0 Å². The van der Waals surface area contributed by atoms with E-state index in [9.17, 15) is 23.3 Å². The van der Waals surface area contributed by atoms with Gasteiger partial charge in [0.25, 0.3) is 11.6 Å². The summed E-state index contributed by atoms with van der Waals surface area (Å²) in [5.74, 6) is -0.702. The van der Waals surface area contributed by atoms with Crippen molar-refractivity contribution < 1.29 is 18.1 Å². The molecule has 0 saturated heterocycles. The molecule has 9 heteroatoms. The van der Waals surface area contributed by atoms with E-state index in [0.717, 1.165) is 24.5 Å². The molecule has 1 N–H and O–H groups in total. The molecule has 1 amide bonds. The van der Waals surface area contributed by atoms with E-state index in [0.29, 0.717) is 5.69 Å². The third-order valence-electron chi connectivity index (χ3n) is 2.91. The molecule has 0 saturated carbocycles. The van der Waals surface area contributed by atoms with Crippen LogP contribution >= 0.6 is 11.6 Å². The van der Waals surface area contributed by atoms with Crippen LogP contribution in [0.4, 0.5) is 11.4 Å². The molecular formula is C14H11ClN2O5S. The maximum Gasteiger partial charge on any atom is 0.271 e. The Hall–Kier alpha value is -2.45. The molecule has 2 aromatic carbocycles. The Morgan fingerprint density at radius 1 is 1.22 bits per heavy atom. The lowest BCUT2D eigenvalue weighted by molar-refractivity contribution is -0.385. The van der Waals surface area contributed by atoms with E-state index in [1.165, 1.54) is 0 Å². The van der Waals surface area contributed by atoms with Crippen molar-refractivity contribution in [3.05, 3.63) is 63.2 Å². The Kier molecular flexibility index (Phi) is 4.67. The second-order valence-corrected chi connectivity index (χ2v) is 7.10. The lowest BCUT2D eigenvalue weighted by Crippen LogP contribution is -2.13. The number of para-hydroxylation sites is 1. The number of nitro groups is 1. The number of sulfone groups is 1. The normalized spacial score (nSPS) is 11.0. The second kappa shape index (κ2) is 6.35. The number of rotatable bonds is 4. The minimum absolute atomic E-state index is 0.153. The van der Waals surface area contributed by atoms with Gasteiger partial charge in [0.2, 0.25) is 0 Å². The molecule has 0 radical (unpaired) electrons. The summed E-state index contributed by atoms with van der Waals surface area (Å²) < 4.78 is 23.2. The number of anilines is 1. The number of nitrogens with zero attached hydrogens (tertiary/aromatic N) is 1. The van der Waals surface area contributed by atoms with Crippen LogP contribution in [0, 0.1) is 10.1 Å². The standard InChI is InChI=1S/C14H11ClN2O5S/c1-23(21,22)11-7-9(6-10(8-11)17(19)20)14(18)16-13-5-3-2-4-12(13)15/h2-8H,1H3,(H,16,18). The first kappa shape index (κ1) is 16.9. The third-order valence-corrected chi connectivity index (χ3v) is 4.34. The number of benzene rings is 2. The Bertz CT molecular complexity index is 896. The van der Waals surface area contributed by atoms with Crippen molar-refractivity contribution in [2.45, 2.75) is 4.90 Å². The molecule has 0 fully saturated rings. The lowest BCUT2D eigenvalue weighted by atomic mass is 10.2. The summed E-state index contributed by atoms with van der Waals surface area (Å²) in [4.78, 5) is 22.1. The van der Waals surface area contributed by atoms with Gasteiger partial charge in [-0.2, -0.15) is 0 Å². The molecule has 0 bridgehead atoms. The van der Waals surface area contributed by atoms with Gasteiger partial charge in [0.05, 0.1) is 20.5 Å². The first-order valence-electron chi connectivity index (χ1n) is 6.24. The molecule has 0 unspecified atom stereocenters. The second-order valence-electron chi connectivity index (χ2n) is 4.68. The van der Waals surface area contributed by atoms with Gasteiger partial charge < -0.3 is 5.32 Å². The average molecular weight is 355 g/mol. The van der Waals surface area contributed by atoms with Gasteiger partial charge in [-0.1, -0.05) is 23.7 Å². The Labute approximate surface area is 137 Å². The van der Waals surface area contributed by atoms with Crippen LogP contribution in [-0.4, -0.2) is 25.5 Å². The van der Waals surface area contributed by atoms with Gasteiger partial charge >= 0.3 is 0 Å². The average Bonchev–Trinajstić information content (AvgIpc) is 2.48. The zero-order valence-electron chi connectivity index (χ0n) is 11.8. The van der Waals surface area contributed by atoms with E-state index < -0.39 is 26.4 Å². The molecule has 0 aromatic heterocycles. The van der Waals surface area contributed by atoms with Crippen molar-refractivity contribution in [3.8, 4) is 0 Å². The number of halogens is 1. The fourth-order valence-corrected chi connectivity index (χ4v) is 2.65. The summed E-state index contributed by atoms with van der Waals surface area (Å²) in [6, 6.07) is 9.42. The predicted octanol–water partition coefficient (Wildman–Crippen LogP) is 2.90. The summed E-state index contributed by atoms with van der Waals surface area (Å²) in [7, 11) is -3.71. The molecule has 0 atom stereocenters. The fourth-order valence-electron chi connectivity index (χ4n) is 1.79. The molecule has 0 aliphatic carbocycles. The summed E-state index contributed by atoms with van der Waals surface area (Å²) in [6.45, 7) is 0. The van der Waals surface area contributed by atoms with Crippen LogP contribution < -0.4 is 5.32 Å². The van der Waals surface area contributed by atoms with Crippen LogP contribution in [0.3, 0.4) is 0 Å². The zero-order chi connectivity index (χ0) is 17.2. The van der Waals surface area contributed by atoms with E-state index >= 15 is 0 Å². The Balaban J connectivity index is 2.46. The van der Waals surface area contributed by atoms with Gasteiger partial charge in [0.15, 0.2) is 9.84 Å². The van der Waals surface area contributed by atoms with Crippen LogP contribution in [-0.2, 0) is 9.84 Å². The number of nitro benzene ring substituents is 1.